The Hall–Kier alpha value is -1.01. The molecular formula is C12H18N2O3S. The summed E-state index contributed by atoms with van der Waals surface area (Å²) >= 11 is 1.42. The van der Waals surface area contributed by atoms with Gasteiger partial charge in [0.25, 0.3) is 5.22 Å². The Kier molecular flexibility index (Phi) is 3.97. The van der Waals surface area contributed by atoms with Gasteiger partial charge in [-0.1, -0.05) is 11.8 Å². The maximum Gasteiger partial charge on any atom is 0.326 e. The minimum atomic E-state index is -0.692. The molecule has 0 spiro atoms. The zero-order valence-electron chi connectivity index (χ0n) is 10.9. The molecule has 1 aliphatic carbocycles. The Balaban J connectivity index is 1.97. The summed E-state index contributed by atoms with van der Waals surface area (Å²) in [5, 5.41) is 3.91. The van der Waals surface area contributed by atoms with Crippen molar-refractivity contribution in [3.63, 3.8) is 0 Å². The van der Waals surface area contributed by atoms with E-state index in [-0.39, 0.29) is 5.97 Å². The number of rotatable bonds is 6. The topological polar surface area (TPSA) is 64.4 Å². The number of hydrogen-bond donors (Lipinski definition) is 1. The van der Waals surface area contributed by atoms with Crippen molar-refractivity contribution < 1.29 is 13.9 Å². The molecule has 1 saturated carbocycles. The van der Waals surface area contributed by atoms with Crippen LogP contribution in [0.2, 0.25) is 0 Å². The molecule has 1 aromatic rings. The molecular weight excluding hydrogens is 252 g/mol. The van der Waals surface area contributed by atoms with Gasteiger partial charge in [-0.25, -0.2) is 4.98 Å². The van der Waals surface area contributed by atoms with E-state index in [0.717, 1.165) is 18.5 Å². The standard InChI is InChI=1S/C12H18N2O3S/c1-8-6-17-11(13-8)18-7-12(2,10(15)16-3)14-9-4-5-9/h6,9,14H,4-5,7H2,1-3H3. The summed E-state index contributed by atoms with van der Waals surface area (Å²) in [6, 6.07) is 0.431. The van der Waals surface area contributed by atoms with Crippen molar-refractivity contribution in [1.29, 1.82) is 0 Å². The van der Waals surface area contributed by atoms with Crippen molar-refractivity contribution in [2.45, 2.75) is 43.5 Å². The number of aryl methyl sites for hydroxylation is 1. The second kappa shape index (κ2) is 5.32. The molecule has 0 bridgehead atoms. The fraction of sp³-hybridized carbons (Fsp3) is 0.667. The fourth-order valence-corrected chi connectivity index (χ4v) is 2.61. The Morgan fingerprint density at radius 2 is 2.44 bits per heavy atom. The second-order valence-corrected chi connectivity index (χ2v) is 5.71. The van der Waals surface area contributed by atoms with Gasteiger partial charge in [-0.2, -0.15) is 0 Å². The SMILES string of the molecule is COC(=O)C(C)(CSc1nc(C)co1)NC1CC1. The number of esters is 1. The Morgan fingerprint density at radius 3 is 2.94 bits per heavy atom. The summed E-state index contributed by atoms with van der Waals surface area (Å²) in [5.41, 5.74) is 0.149. The summed E-state index contributed by atoms with van der Waals surface area (Å²) in [6.07, 6.45) is 3.84. The van der Waals surface area contributed by atoms with Crippen LogP contribution in [0.4, 0.5) is 0 Å². The summed E-state index contributed by atoms with van der Waals surface area (Å²) < 4.78 is 10.1. The maximum atomic E-state index is 11.9. The predicted octanol–water partition coefficient (Wildman–Crippen LogP) is 1.76. The van der Waals surface area contributed by atoms with Crippen LogP contribution in [-0.2, 0) is 9.53 Å². The number of ether oxygens (including phenoxy) is 1. The number of nitrogens with zero attached hydrogens (tertiary/aromatic N) is 1. The van der Waals surface area contributed by atoms with Gasteiger partial charge >= 0.3 is 5.97 Å². The molecule has 18 heavy (non-hydrogen) atoms. The molecule has 1 unspecified atom stereocenters. The van der Waals surface area contributed by atoms with Crippen molar-refractivity contribution in [3.8, 4) is 0 Å². The van der Waals surface area contributed by atoms with Crippen molar-refractivity contribution in [2.75, 3.05) is 12.9 Å². The quantitative estimate of drug-likeness (QED) is 0.627. The third kappa shape index (κ3) is 3.26. The zero-order chi connectivity index (χ0) is 13.2. The van der Waals surface area contributed by atoms with Gasteiger partial charge in [0.2, 0.25) is 0 Å². The molecule has 0 saturated heterocycles. The van der Waals surface area contributed by atoms with Crippen LogP contribution in [0, 0.1) is 6.92 Å². The summed E-state index contributed by atoms with van der Waals surface area (Å²) in [6.45, 7) is 3.73. The normalized spacial score (nSPS) is 18.4. The Labute approximate surface area is 111 Å². The van der Waals surface area contributed by atoms with Gasteiger partial charge < -0.3 is 9.15 Å². The van der Waals surface area contributed by atoms with Gasteiger partial charge in [-0.3, -0.25) is 10.1 Å². The van der Waals surface area contributed by atoms with Gasteiger partial charge in [-0.05, 0) is 26.7 Å². The zero-order valence-corrected chi connectivity index (χ0v) is 11.7. The molecule has 5 nitrogen and oxygen atoms in total. The van der Waals surface area contributed by atoms with Gasteiger partial charge in [-0.15, -0.1) is 0 Å². The molecule has 2 rings (SSSR count). The molecule has 1 atom stereocenters. The highest BCUT2D eigenvalue weighted by Crippen LogP contribution is 2.27. The first kappa shape index (κ1) is 13.4. The first-order valence-corrected chi connectivity index (χ1v) is 6.93. The fourth-order valence-electron chi connectivity index (χ4n) is 1.67. The molecule has 1 aliphatic rings. The third-order valence-corrected chi connectivity index (χ3v) is 3.97. The van der Waals surface area contributed by atoms with Crippen molar-refractivity contribution in [3.05, 3.63) is 12.0 Å². The summed E-state index contributed by atoms with van der Waals surface area (Å²) in [5.74, 6) is 0.293. The highest BCUT2D eigenvalue weighted by Gasteiger charge is 2.39. The molecule has 0 aliphatic heterocycles. The van der Waals surface area contributed by atoms with Crippen LogP contribution in [0.25, 0.3) is 0 Å². The van der Waals surface area contributed by atoms with E-state index in [1.165, 1.54) is 18.9 Å². The average Bonchev–Trinajstić information content (AvgIpc) is 3.06. The smallest absolute Gasteiger partial charge is 0.326 e. The molecule has 6 heteroatoms. The summed E-state index contributed by atoms with van der Waals surface area (Å²) in [7, 11) is 1.41. The summed E-state index contributed by atoms with van der Waals surface area (Å²) in [4.78, 5) is 16.1. The number of methoxy groups -OCH3 is 1. The average molecular weight is 270 g/mol. The first-order valence-electron chi connectivity index (χ1n) is 5.94. The third-order valence-electron chi connectivity index (χ3n) is 2.82. The lowest BCUT2D eigenvalue weighted by molar-refractivity contribution is -0.147. The molecule has 0 amide bonds. The van der Waals surface area contributed by atoms with E-state index in [2.05, 4.69) is 10.3 Å². The molecule has 100 valence electrons. The molecule has 1 aromatic heterocycles. The first-order chi connectivity index (χ1) is 8.53. The number of carbonyl (C=O) groups is 1. The number of aromatic nitrogens is 1. The number of hydrogen-bond acceptors (Lipinski definition) is 6. The predicted molar refractivity (Wildman–Crippen MR) is 68.5 cm³/mol. The van der Waals surface area contributed by atoms with Gasteiger partial charge in [0, 0.05) is 11.8 Å². The minimum absolute atomic E-state index is 0.245. The van der Waals surface area contributed by atoms with Crippen LogP contribution in [0.15, 0.2) is 15.9 Å². The van der Waals surface area contributed by atoms with Crippen LogP contribution < -0.4 is 5.32 Å². The van der Waals surface area contributed by atoms with Crippen LogP contribution >= 0.6 is 11.8 Å². The maximum absolute atomic E-state index is 11.9. The van der Waals surface area contributed by atoms with Crippen molar-refractivity contribution >= 4 is 17.7 Å². The lowest BCUT2D eigenvalue weighted by atomic mass is 10.1. The molecule has 1 N–H and O–H groups in total. The Bertz CT molecular complexity index is 431. The number of thioether (sulfide) groups is 1. The van der Waals surface area contributed by atoms with Gasteiger partial charge in [0.05, 0.1) is 12.8 Å². The highest BCUT2D eigenvalue weighted by molar-refractivity contribution is 7.99. The monoisotopic (exact) mass is 270 g/mol. The molecule has 0 aromatic carbocycles. The van der Waals surface area contributed by atoms with Crippen LogP contribution in [-0.4, -0.2) is 35.4 Å². The van der Waals surface area contributed by atoms with Gasteiger partial charge in [0.1, 0.15) is 11.8 Å². The molecule has 0 radical (unpaired) electrons. The van der Waals surface area contributed by atoms with E-state index >= 15 is 0 Å². The Morgan fingerprint density at radius 1 is 1.72 bits per heavy atom. The van der Waals surface area contributed by atoms with E-state index in [9.17, 15) is 4.79 Å². The van der Waals surface area contributed by atoms with Crippen LogP contribution in [0.5, 0.6) is 0 Å². The lowest BCUT2D eigenvalue weighted by Crippen LogP contribution is -2.53. The van der Waals surface area contributed by atoms with Crippen LogP contribution in [0.3, 0.4) is 0 Å². The highest BCUT2D eigenvalue weighted by atomic mass is 32.2. The largest absolute Gasteiger partial charge is 0.468 e. The van der Waals surface area contributed by atoms with E-state index < -0.39 is 5.54 Å². The van der Waals surface area contributed by atoms with E-state index in [4.69, 9.17) is 9.15 Å². The van der Waals surface area contributed by atoms with Crippen molar-refractivity contribution in [1.82, 2.24) is 10.3 Å². The van der Waals surface area contributed by atoms with E-state index in [0.29, 0.717) is 17.0 Å². The van der Waals surface area contributed by atoms with Crippen molar-refractivity contribution in [2.24, 2.45) is 0 Å². The van der Waals surface area contributed by atoms with Crippen LogP contribution in [0.1, 0.15) is 25.5 Å². The second-order valence-electron chi connectivity index (χ2n) is 4.79. The number of oxazole rings is 1. The molecule has 1 fully saturated rings. The number of nitrogens with one attached hydrogen (secondary N) is 1. The van der Waals surface area contributed by atoms with E-state index in [1.807, 2.05) is 13.8 Å². The molecule has 1 heterocycles. The van der Waals surface area contributed by atoms with E-state index in [1.54, 1.807) is 6.26 Å². The lowest BCUT2D eigenvalue weighted by Gasteiger charge is -2.27. The minimum Gasteiger partial charge on any atom is -0.468 e. The number of carbonyl (C=O) groups excluding carboxylic acids is 1. The van der Waals surface area contributed by atoms with Gasteiger partial charge in [0.15, 0.2) is 0 Å².